The van der Waals surface area contributed by atoms with Gasteiger partial charge in [-0.3, -0.25) is 0 Å². The van der Waals surface area contributed by atoms with Crippen molar-refractivity contribution in [3.05, 3.63) is 30.3 Å². The Morgan fingerprint density at radius 1 is 0.944 bits per heavy atom. The Labute approximate surface area is 109 Å². The fourth-order valence-corrected chi connectivity index (χ4v) is 1.07. The van der Waals surface area contributed by atoms with Gasteiger partial charge in [0.1, 0.15) is 11.4 Å². The highest BCUT2D eigenvalue weighted by molar-refractivity contribution is 5.21. The van der Waals surface area contributed by atoms with Crippen LogP contribution in [0.5, 0.6) is 5.75 Å². The van der Waals surface area contributed by atoms with Crippen LogP contribution in [0.3, 0.4) is 0 Å². The topological polar surface area (TPSA) is 58.9 Å². The number of rotatable bonds is 5. The molecule has 1 aromatic rings. The number of aliphatic hydroxyl groups excluding tert-OH is 2. The maximum atomic E-state index is 8.09. The number of ether oxygens (including phenoxy) is 2. The van der Waals surface area contributed by atoms with E-state index in [0.29, 0.717) is 13.2 Å². The summed E-state index contributed by atoms with van der Waals surface area (Å²) < 4.78 is 10.2. The SMILES string of the molecule is CC(C)(C)Oc1ccccc1.OCCOCCO. The van der Waals surface area contributed by atoms with E-state index in [1.165, 1.54) is 0 Å². The molecule has 0 aliphatic heterocycles. The van der Waals surface area contributed by atoms with E-state index in [2.05, 4.69) is 4.74 Å². The zero-order chi connectivity index (χ0) is 13.9. The molecule has 0 bridgehead atoms. The van der Waals surface area contributed by atoms with Gasteiger partial charge in [-0.1, -0.05) is 18.2 Å². The van der Waals surface area contributed by atoms with Crippen molar-refractivity contribution in [1.82, 2.24) is 0 Å². The molecule has 0 amide bonds. The van der Waals surface area contributed by atoms with Crippen molar-refractivity contribution in [1.29, 1.82) is 0 Å². The summed E-state index contributed by atoms with van der Waals surface area (Å²) in [6.07, 6.45) is 0. The van der Waals surface area contributed by atoms with Gasteiger partial charge < -0.3 is 19.7 Å². The van der Waals surface area contributed by atoms with E-state index in [1.54, 1.807) is 0 Å². The highest BCUT2D eigenvalue weighted by Gasteiger charge is 2.10. The molecule has 104 valence electrons. The summed E-state index contributed by atoms with van der Waals surface area (Å²) in [6, 6.07) is 9.86. The molecule has 1 aromatic carbocycles. The molecule has 1 rings (SSSR count). The summed E-state index contributed by atoms with van der Waals surface area (Å²) in [7, 11) is 0. The number of aliphatic hydroxyl groups is 2. The minimum absolute atomic E-state index is 0.0278. The molecule has 0 fully saturated rings. The lowest BCUT2D eigenvalue weighted by atomic mass is 10.2. The fraction of sp³-hybridized carbons (Fsp3) is 0.571. The summed E-state index contributed by atoms with van der Waals surface area (Å²) in [5, 5.41) is 16.2. The van der Waals surface area contributed by atoms with E-state index in [0.717, 1.165) is 5.75 Å². The van der Waals surface area contributed by atoms with Gasteiger partial charge in [-0.05, 0) is 32.9 Å². The van der Waals surface area contributed by atoms with Gasteiger partial charge in [0.2, 0.25) is 0 Å². The minimum atomic E-state index is -0.0959. The van der Waals surface area contributed by atoms with Crippen LogP contribution in [0.4, 0.5) is 0 Å². The van der Waals surface area contributed by atoms with Gasteiger partial charge >= 0.3 is 0 Å². The van der Waals surface area contributed by atoms with Gasteiger partial charge in [-0.25, -0.2) is 0 Å². The molecule has 0 aromatic heterocycles. The molecule has 0 atom stereocenters. The fourth-order valence-electron chi connectivity index (χ4n) is 1.07. The molecule has 0 aliphatic carbocycles. The first-order valence-electron chi connectivity index (χ1n) is 6.03. The van der Waals surface area contributed by atoms with Gasteiger partial charge in [0.25, 0.3) is 0 Å². The van der Waals surface area contributed by atoms with E-state index in [1.807, 2.05) is 51.1 Å². The normalized spacial score (nSPS) is 10.5. The van der Waals surface area contributed by atoms with Gasteiger partial charge in [0.15, 0.2) is 0 Å². The van der Waals surface area contributed by atoms with E-state index in [4.69, 9.17) is 14.9 Å². The molecular formula is C14H24O4. The first-order chi connectivity index (χ1) is 8.49. The average molecular weight is 256 g/mol. The van der Waals surface area contributed by atoms with Crippen molar-refractivity contribution < 1.29 is 19.7 Å². The molecular weight excluding hydrogens is 232 g/mol. The maximum absolute atomic E-state index is 8.09. The Morgan fingerprint density at radius 2 is 1.44 bits per heavy atom. The second kappa shape index (κ2) is 9.88. The van der Waals surface area contributed by atoms with Crippen LogP contribution >= 0.6 is 0 Å². The molecule has 0 heterocycles. The van der Waals surface area contributed by atoms with Crippen LogP contribution in [0.1, 0.15) is 20.8 Å². The second-order valence-electron chi connectivity index (χ2n) is 4.59. The lowest BCUT2D eigenvalue weighted by Gasteiger charge is -2.20. The Hall–Kier alpha value is -1.10. The average Bonchev–Trinajstić information content (AvgIpc) is 2.30. The molecule has 0 radical (unpaired) electrons. The van der Waals surface area contributed by atoms with Crippen LogP contribution in [0.15, 0.2) is 30.3 Å². The van der Waals surface area contributed by atoms with Crippen molar-refractivity contribution in [3.63, 3.8) is 0 Å². The highest BCUT2D eigenvalue weighted by Crippen LogP contribution is 2.16. The predicted octanol–water partition coefficient (Wildman–Crippen LogP) is 1.85. The molecule has 0 saturated carbocycles. The van der Waals surface area contributed by atoms with Crippen molar-refractivity contribution in [2.45, 2.75) is 26.4 Å². The Morgan fingerprint density at radius 3 is 1.83 bits per heavy atom. The zero-order valence-corrected chi connectivity index (χ0v) is 11.4. The van der Waals surface area contributed by atoms with E-state index in [-0.39, 0.29) is 18.8 Å². The Bertz CT molecular complexity index is 276. The highest BCUT2D eigenvalue weighted by atomic mass is 16.5. The Balaban J connectivity index is 0.000000360. The summed E-state index contributed by atoms with van der Waals surface area (Å²) in [5.74, 6) is 0.931. The third-order valence-electron chi connectivity index (χ3n) is 1.64. The molecule has 0 spiro atoms. The molecule has 0 unspecified atom stereocenters. The van der Waals surface area contributed by atoms with Crippen LogP contribution in [-0.2, 0) is 4.74 Å². The summed E-state index contributed by atoms with van der Waals surface area (Å²) in [5.41, 5.74) is -0.0959. The minimum Gasteiger partial charge on any atom is -0.488 e. The maximum Gasteiger partial charge on any atom is 0.120 e. The summed E-state index contributed by atoms with van der Waals surface area (Å²) in [4.78, 5) is 0. The first-order valence-corrected chi connectivity index (χ1v) is 6.03. The van der Waals surface area contributed by atoms with Gasteiger partial charge in [-0.15, -0.1) is 0 Å². The van der Waals surface area contributed by atoms with Crippen LogP contribution in [0.2, 0.25) is 0 Å². The van der Waals surface area contributed by atoms with Crippen LogP contribution in [0.25, 0.3) is 0 Å². The van der Waals surface area contributed by atoms with Crippen LogP contribution in [-0.4, -0.2) is 42.2 Å². The summed E-state index contributed by atoms with van der Waals surface area (Å²) in [6.45, 7) is 6.82. The van der Waals surface area contributed by atoms with Gasteiger partial charge in [-0.2, -0.15) is 0 Å². The monoisotopic (exact) mass is 256 g/mol. The lowest BCUT2D eigenvalue weighted by molar-refractivity contribution is 0.0650. The molecule has 0 saturated heterocycles. The number of para-hydroxylation sites is 1. The van der Waals surface area contributed by atoms with Gasteiger partial charge in [0, 0.05) is 0 Å². The van der Waals surface area contributed by atoms with Crippen molar-refractivity contribution in [2.75, 3.05) is 26.4 Å². The van der Waals surface area contributed by atoms with Crippen LogP contribution in [0, 0.1) is 0 Å². The van der Waals surface area contributed by atoms with Crippen LogP contribution < -0.4 is 4.74 Å². The lowest BCUT2D eigenvalue weighted by Crippen LogP contribution is -2.22. The van der Waals surface area contributed by atoms with E-state index >= 15 is 0 Å². The van der Waals surface area contributed by atoms with Crippen molar-refractivity contribution in [2.24, 2.45) is 0 Å². The second-order valence-corrected chi connectivity index (χ2v) is 4.59. The number of benzene rings is 1. The largest absolute Gasteiger partial charge is 0.488 e. The summed E-state index contributed by atoms with van der Waals surface area (Å²) >= 11 is 0. The Kier molecular flexibility index (Phi) is 9.28. The number of hydrogen-bond acceptors (Lipinski definition) is 4. The first kappa shape index (κ1) is 16.9. The van der Waals surface area contributed by atoms with E-state index in [9.17, 15) is 0 Å². The van der Waals surface area contributed by atoms with Crippen molar-refractivity contribution in [3.8, 4) is 5.75 Å². The smallest absolute Gasteiger partial charge is 0.120 e. The third-order valence-corrected chi connectivity index (χ3v) is 1.64. The predicted molar refractivity (Wildman–Crippen MR) is 71.8 cm³/mol. The molecule has 18 heavy (non-hydrogen) atoms. The molecule has 2 N–H and O–H groups in total. The zero-order valence-electron chi connectivity index (χ0n) is 11.4. The van der Waals surface area contributed by atoms with E-state index < -0.39 is 0 Å². The molecule has 4 nitrogen and oxygen atoms in total. The standard InChI is InChI=1S/C10H14O.C4H10O3/c1-10(2,3)11-9-7-5-4-6-8-9;5-1-3-7-4-2-6/h4-8H,1-3H3;5-6H,1-4H2. The number of hydrogen-bond donors (Lipinski definition) is 2. The van der Waals surface area contributed by atoms with Crippen molar-refractivity contribution >= 4 is 0 Å². The third kappa shape index (κ3) is 11.4. The quantitative estimate of drug-likeness (QED) is 0.789. The molecule has 0 aliphatic rings. The molecule has 4 heteroatoms. The van der Waals surface area contributed by atoms with Gasteiger partial charge in [0.05, 0.1) is 26.4 Å².